The second kappa shape index (κ2) is 6.06. The molecular formula is C17H20ClNO3S. The van der Waals surface area contributed by atoms with Gasteiger partial charge in [0.15, 0.2) is 0 Å². The smallest absolute Gasteiger partial charge is 0.262 e. The molecule has 0 aliphatic rings. The Morgan fingerprint density at radius 2 is 1.39 bits per heavy atom. The third-order valence-corrected chi connectivity index (χ3v) is 6.28. The number of nitrogens with one attached hydrogen (secondary N) is 1. The Bertz CT molecular complexity index is 860. The first-order valence-electron chi connectivity index (χ1n) is 7.14. The number of sulfonamides is 1. The van der Waals surface area contributed by atoms with Gasteiger partial charge in [0, 0.05) is 5.02 Å². The molecular weight excluding hydrogens is 334 g/mol. The third kappa shape index (κ3) is 3.16. The van der Waals surface area contributed by atoms with Crippen LogP contribution in [0.2, 0.25) is 5.02 Å². The van der Waals surface area contributed by atoms with Crippen LogP contribution in [0.15, 0.2) is 23.1 Å². The van der Waals surface area contributed by atoms with Crippen molar-refractivity contribution in [3.63, 3.8) is 0 Å². The Labute approximate surface area is 142 Å². The van der Waals surface area contributed by atoms with Gasteiger partial charge in [0.1, 0.15) is 5.75 Å². The van der Waals surface area contributed by atoms with E-state index in [0.717, 1.165) is 16.7 Å². The molecule has 0 amide bonds. The van der Waals surface area contributed by atoms with Crippen molar-refractivity contribution in [3.8, 4) is 5.75 Å². The van der Waals surface area contributed by atoms with Crippen LogP contribution < -0.4 is 4.72 Å². The van der Waals surface area contributed by atoms with Crippen LogP contribution in [0.5, 0.6) is 5.75 Å². The molecule has 2 rings (SSSR count). The highest BCUT2D eigenvalue weighted by molar-refractivity contribution is 7.92. The van der Waals surface area contributed by atoms with E-state index >= 15 is 0 Å². The molecule has 2 N–H and O–H groups in total. The van der Waals surface area contributed by atoms with Crippen molar-refractivity contribution >= 4 is 27.3 Å². The quantitative estimate of drug-likeness (QED) is 0.804. The Kier molecular flexibility index (Phi) is 4.64. The molecule has 2 aromatic rings. The van der Waals surface area contributed by atoms with E-state index in [4.69, 9.17) is 11.6 Å². The van der Waals surface area contributed by atoms with Crippen LogP contribution >= 0.6 is 11.6 Å². The molecule has 0 spiro atoms. The van der Waals surface area contributed by atoms with Crippen LogP contribution in [0, 0.1) is 34.6 Å². The topological polar surface area (TPSA) is 66.4 Å². The van der Waals surface area contributed by atoms with Crippen molar-refractivity contribution < 1.29 is 13.5 Å². The van der Waals surface area contributed by atoms with Gasteiger partial charge in [-0.05, 0) is 80.6 Å². The maximum absolute atomic E-state index is 12.9. The fraction of sp³-hybridized carbons (Fsp3) is 0.294. The molecule has 0 saturated heterocycles. The SMILES string of the molecule is Cc1c(C)c(C)c(S(=O)(=O)Nc2cc(Cl)ccc2O)c(C)c1C. The van der Waals surface area contributed by atoms with E-state index < -0.39 is 10.0 Å². The second-order valence-electron chi connectivity index (χ2n) is 5.72. The van der Waals surface area contributed by atoms with Crippen molar-refractivity contribution in [2.45, 2.75) is 39.5 Å². The summed E-state index contributed by atoms with van der Waals surface area (Å²) in [5, 5.41) is 10.2. The summed E-state index contributed by atoms with van der Waals surface area (Å²) in [6.07, 6.45) is 0. The van der Waals surface area contributed by atoms with Gasteiger partial charge in [0.2, 0.25) is 0 Å². The molecule has 124 valence electrons. The summed E-state index contributed by atoms with van der Waals surface area (Å²) in [5.74, 6) is -0.172. The van der Waals surface area contributed by atoms with Crippen LogP contribution in [0.1, 0.15) is 27.8 Å². The number of rotatable bonds is 3. The molecule has 0 saturated carbocycles. The number of hydrogen-bond acceptors (Lipinski definition) is 3. The van der Waals surface area contributed by atoms with Crippen LogP contribution in [0.4, 0.5) is 5.69 Å². The van der Waals surface area contributed by atoms with E-state index in [-0.39, 0.29) is 16.3 Å². The molecule has 0 fully saturated rings. The van der Waals surface area contributed by atoms with Gasteiger partial charge in [-0.25, -0.2) is 8.42 Å². The summed E-state index contributed by atoms with van der Waals surface area (Å²) in [5.41, 5.74) is 4.46. The van der Waals surface area contributed by atoms with E-state index in [9.17, 15) is 13.5 Å². The maximum atomic E-state index is 12.9. The third-order valence-electron chi connectivity index (χ3n) is 4.40. The Hall–Kier alpha value is -1.72. The summed E-state index contributed by atoms with van der Waals surface area (Å²) >= 11 is 5.88. The lowest BCUT2D eigenvalue weighted by atomic mass is 9.95. The highest BCUT2D eigenvalue weighted by atomic mass is 35.5. The zero-order valence-electron chi connectivity index (χ0n) is 13.8. The molecule has 0 unspecified atom stereocenters. The number of hydrogen-bond donors (Lipinski definition) is 2. The lowest BCUT2D eigenvalue weighted by molar-refractivity contribution is 0.477. The Balaban J connectivity index is 2.64. The minimum absolute atomic E-state index is 0.0622. The molecule has 6 heteroatoms. The van der Waals surface area contributed by atoms with Crippen LogP contribution in [-0.4, -0.2) is 13.5 Å². The number of anilines is 1. The molecule has 0 aliphatic carbocycles. The number of benzene rings is 2. The standard InChI is InChI=1S/C17H20ClNO3S/c1-9-10(2)12(4)17(13(5)11(9)3)23(21,22)19-15-8-14(18)6-7-16(15)20/h6-8,19-20H,1-5H3. The molecule has 0 aromatic heterocycles. The highest BCUT2D eigenvalue weighted by Gasteiger charge is 2.24. The number of phenols is 1. The van der Waals surface area contributed by atoms with Crippen molar-refractivity contribution in [2.75, 3.05) is 4.72 Å². The van der Waals surface area contributed by atoms with Gasteiger partial charge in [0.05, 0.1) is 10.6 Å². The van der Waals surface area contributed by atoms with Gasteiger partial charge in [-0.15, -0.1) is 0 Å². The van der Waals surface area contributed by atoms with Gasteiger partial charge in [-0.3, -0.25) is 4.72 Å². The Morgan fingerprint density at radius 3 is 1.91 bits per heavy atom. The van der Waals surface area contributed by atoms with Gasteiger partial charge in [-0.1, -0.05) is 11.6 Å². The average Bonchev–Trinajstić information content (AvgIpc) is 2.46. The zero-order chi connectivity index (χ0) is 17.5. The van der Waals surface area contributed by atoms with Crippen LogP contribution in [0.25, 0.3) is 0 Å². The molecule has 0 aliphatic heterocycles. The molecule has 4 nitrogen and oxygen atoms in total. The predicted octanol–water partition coefficient (Wildman–Crippen LogP) is 4.39. The summed E-state index contributed by atoms with van der Waals surface area (Å²) in [4.78, 5) is 0.248. The molecule has 2 aromatic carbocycles. The summed E-state index contributed by atoms with van der Waals surface area (Å²) < 4.78 is 28.2. The number of halogens is 1. The molecule has 0 radical (unpaired) electrons. The van der Waals surface area contributed by atoms with Crippen molar-refractivity contribution in [1.82, 2.24) is 0 Å². The minimum Gasteiger partial charge on any atom is -0.506 e. The van der Waals surface area contributed by atoms with E-state index in [1.54, 1.807) is 13.8 Å². The van der Waals surface area contributed by atoms with E-state index in [2.05, 4.69) is 4.72 Å². The maximum Gasteiger partial charge on any atom is 0.262 e. The largest absolute Gasteiger partial charge is 0.506 e. The minimum atomic E-state index is -3.84. The van der Waals surface area contributed by atoms with Crippen molar-refractivity contribution in [2.24, 2.45) is 0 Å². The van der Waals surface area contributed by atoms with Gasteiger partial charge in [-0.2, -0.15) is 0 Å². The first kappa shape index (κ1) is 17.6. The van der Waals surface area contributed by atoms with Gasteiger partial charge < -0.3 is 5.11 Å². The summed E-state index contributed by atoms with van der Waals surface area (Å²) in [6.45, 7) is 9.39. The zero-order valence-corrected chi connectivity index (χ0v) is 15.4. The fourth-order valence-corrected chi connectivity index (χ4v) is 4.49. The monoisotopic (exact) mass is 353 g/mol. The second-order valence-corrected chi connectivity index (χ2v) is 7.78. The highest BCUT2D eigenvalue weighted by Crippen LogP contribution is 2.33. The molecule has 0 atom stereocenters. The summed E-state index contributed by atoms with van der Waals surface area (Å²) in [7, 11) is -3.84. The first-order valence-corrected chi connectivity index (χ1v) is 9.00. The molecule has 23 heavy (non-hydrogen) atoms. The van der Waals surface area contributed by atoms with Crippen LogP contribution in [-0.2, 0) is 10.0 Å². The lowest BCUT2D eigenvalue weighted by Crippen LogP contribution is -2.17. The average molecular weight is 354 g/mol. The lowest BCUT2D eigenvalue weighted by Gasteiger charge is -2.19. The molecule has 0 bridgehead atoms. The van der Waals surface area contributed by atoms with Gasteiger partial charge >= 0.3 is 0 Å². The first-order chi connectivity index (χ1) is 10.6. The van der Waals surface area contributed by atoms with Crippen molar-refractivity contribution in [1.29, 1.82) is 0 Å². The van der Waals surface area contributed by atoms with E-state index in [1.807, 2.05) is 20.8 Å². The number of aromatic hydroxyl groups is 1. The number of phenolic OH excluding ortho intramolecular Hbond substituents is 1. The predicted molar refractivity (Wildman–Crippen MR) is 94.1 cm³/mol. The molecule has 0 heterocycles. The Morgan fingerprint density at radius 1 is 0.913 bits per heavy atom. The summed E-state index contributed by atoms with van der Waals surface area (Å²) in [6, 6.07) is 4.23. The van der Waals surface area contributed by atoms with Gasteiger partial charge in [0.25, 0.3) is 10.0 Å². The normalized spacial score (nSPS) is 11.6. The van der Waals surface area contributed by atoms with E-state index in [1.165, 1.54) is 18.2 Å². The van der Waals surface area contributed by atoms with Crippen LogP contribution in [0.3, 0.4) is 0 Å². The van der Waals surface area contributed by atoms with Crippen molar-refractivity contribution in [3.05, 3.63) is 51.0 Å². The fourth-order valence-electron chi connectivity index (χ4n) is 2.65. The van der Waals surface area contributed by atoms with E-state index in [0.29, 0.717) is 16.1 Å².